The molecule has 2 aromatic carbocycles. The normalized spacial score (nSPS) is 15.7. The molecule has 3 nitrogen and oxygen atoms in total. The van der Waals surface area contributed by atoms with Gasteiger partial charge in [0.15, 0.2) is 0 Å². The van der Waals surface area contributed by atoms with Gasteiger partial charge in [-0.3, -0.25) is 9.69 Å². The Morgan fingerprint density at radius 2 is 2.04 bits per heavy atom. The predicted octanol–water partition coefficient (Wildman–Crippen LogP) is 6.56. The first-order valence-corrected chi connectivity index (χ1v) is 10.8. The Labute approximate surface area is 185 Å². The Hall–Kier alpha value is -1.05. The first-order chi connectivity index (χ1) is 12.9. The third kappa shape index (κ3) is 4.87. The molecule has 0 spiro atoms. The van der Waals surface area contributed by atoms with Crippen LogP contribution in [0.15, 0.2) is 45.8 Å². The van der Waals surface area contributed by atoms with Crippen LogP contribution in [0.3, 0.4) is 0 Å². The molecule has 1 aliphatic rings. The second-order valence-corrected chi connectivity index (χ2v) is 9.07. The van der Waals surface area contributed by atoms with Crippen LogP contribution in [-0.4, -0.2) is 21.7 Å². The monoisotopic (exact) mass is 501 g/mol. The Morgan fingerprint density at radius 1 is 1.26 bits per heavy atom. The highest BCUT2D eigenvalue weighted by Crippen LogP contribution is 2.35. The molecule has 0 radical (unpaired) electrons. The lowest BCUT2D eigenvalue weighted by Gasteiger charge is -2.12. The number of thiocarbonyl (C=S) groups is 1. The second kappa shape index (κ2) is 8.97. The Morgan fingerprint density at radius 3 is 2.70 bits per heavy atom. The summed E-state index contributed by atoms with van der Waals surface area (Å²) in [5.74, 6) is 0.560. The summed E-state index contributed by atoms with van der Waals surface area (Å²) in [5, 5.41) is 1.12. The number of hydrogen-bond donors (Lipinski definition) is 0. The summed E-state index contributed by atoms with van der Waals surface area (Å²) < 4.78 is 7.42. The van der Waals surface area contributed by atoms with E-state index in [1.165, 1.54) is 11.8 Å². The van der Waals surface area contributed by atoms with Gasteiger partial charge in [-0.1, -0.05) is 69.2 Å². The molecule has 0 unspecified atom stereocenters. The fraction of sp³-hybridized carbons (Fsp3) is 0.158. The number of amides is 1. The zero-order valence-corrected chi connectivity index (χ0v) is 18.9. The molecule has 1 aliphatic heterocycles. The van der Waals surface area contributed by atoms with Crippen LogP contribution in [0.25, 0.3) is 6.08 Å². The van der Waals surface area contributed by atoms with Crippen molar-refractivity contribution in [3.8, 4) is 5.75 Å². The summed E-state index contributed by atoms with van der Waals surface area (Å²) in [6, 6.07) is 10.9. The average Bonchev–Trinajstić information content (AvgIpc) is 2.88. The van der Waals surface area contributed by atoms with Crippen LogP contribution in [-0.2, 0) is 11.4 Å². The average molecular weight is 503 g/mol. The van der Waals surface area contributed by atoms with Gasteiger partial charge >= 0.3 is 0 Å². The molecule has 8 heteroatoms. The maximum absolute atomic E-state index is 12.5. The van der Waals surface area contributed by atoms with Crippen LogP contribution in [0, 0.1) is 0 Å². The summed E-state index contributed by atoms with van der Waals surface area (Å²) in [5.41, 5.74) is 1.61. The molecule has 1 fully saturated rings. The predicted molar refractivity (Wildman–Crippen MR) is 120 cm³/mol. The van der Waals surface area contributed by atoms with Gasteiger partial charge < -0.3 is 4.74 Å². The largest absolute Gasteiger partial charge is 0.488 e. The highest BCUT2D eigenvalue weighted by atomic mass is 79.9. The summed E-state index contributed by atoms with van der Waals surface area (Å²) in [6.45, 7) is 2.74. The summed E-state index contributed by atoms with van der Waals surface area (Å²) in [7, 11) is 0. The van der Waals surface area contributed by atoms with Crippen molar-refractivity contribution in [2.24, 2.45) is 0 Å². The molecule has 1 saturated heterocycles. The van der Waals surface area contributed by atoms with Crippen molar-refractivity contribution in [3.05, 3.63) is 66.9 Å². The highest BCUT2D eigenvalue weighted by Gasteiger charge is 2.30. The third-order valence-electron chi connectivity index (χ3n) is 3.85. The minimum atomic E-state index is -0.0841. The topological polar surface area (TPSA) is 29.5 Å². The molecule has 0 saturated carbocycles. The zero-order valence-electron chi connectivity index (χ0n) is 14.2. The van der Waals surface area contributed by atoms with Crippen LogP contribution < -0.4 is 4.74 Å². The Balaban J connectivity index is 1.86. The number of likely N-dealkylation sites (N-methyl/N-ethyl adjacent to an activating group) is 1. The first-order valence-electron chi connectivity index (χ1n) is 8.00. The van der Waals surface area contributed by atoms with E-state index in [1.807, 2.05) is 31.2 Å². The van der Waals surface area contributed by atoms with Gasteiger partial charge in [-0.25, -0.2) is 0 Å². The molecule has 1 heterocycles. The van der Waals surface area contributed by atoms with Crippen molar-refractivity contribution < 1.29 is 9.53 Å². The number of benzene rings is 2. The molecule has 0 aromatic heterocycles. The fourth-order valence-corrected chi connectivity index (χ4v) is 4.69. The number of hydrogen-bond acceptors (Lipinski definition) is 4. The minimum absolute atomic E-state index is 0.0841. The number of rotatable bonds is 5. The van der Waals surface area contributed by atoms with Gasteiger partial charge in [-0.15, -0.1) is 0 Å². The molecule has 1 amide bonds. The van der Waals surface area contributed by atoms with Crippen LogP contribution in [0.5, 0.6) is 5.75 Å². The highest BCUT2D eigenvalue weighted by molar-refractivity contribution is 9.10. The quantitative estimate of drug-likeness (QED) is 0.342. The number of nitrogens with zero attached hydrogens (tertiary/aromatic N) is 1. The molecule has 0 bridgehead atoms. The van der Waals surface area contributed by atoms with E-state index in [9.17, 15) is 4.79 Å². The third-order valence-corrected chi connectivity index (χ3v) is 6.30. The van der Waals surface area contributed by atoms with Crippen molar-refractivity contribution in [2.75, 3.05) is 6.54 Å². The Bertz CT molecular complexity index is 949. The van der Waals surface area contributed by atoms with E-state index >= 15 is 0 Å². The number of thioether (sulfide) groups is 1. The molecule has 27 heavy (non-hydrogen) atoms. The number of carbonyl (C=O) groups excluding carboxylic acids is 1. The van der Waals surface area contributed by atoms with Gasteiger partial charge in [-0.05, 0) is 43.3 Å². The van der Waals surface area contributed by atoms with E-state index in [0.717, 1.165) is 15.6 Å². The van der Waals surface area contributed by atoms with Gasteiger partial charge in [0.25, 0.3) is 5.91 Å². The van der Waals surface area contributed by atoms with Gasteiger partial charge in [-0.2, -0.15) is 0 Å². The van der Waals surface area contributed by atoms with E-state index in [2.05, 4.69) is 15.9 Å². The molecule has 0 N–H and O–H groups in total. The van der Waals surface area contributed by atoms with Crippen LogP contribution in [0.1, 0.15) is 18.1 Å². The lowest BCUT2D eigenvalue weighted by molar-refractivity contribution is -0.121. The summed E-state index contributed by atoms with van der Waals surface area (Å²) >= 11 is 22.2. The zero-order chi connectivity index (χ0) is 19.6. The van der Waals surface area contributed by atoms with Crippen molar-refractivity contribution >= 4 is 79.4 Å². The van der Waals surface area contributed by atoms with E-state index in [4.69, 9.17) is 40.2 Å². The summed E-state index contributed by atoms with van der Waals surface area (Å²) in [4.78, 5) is 14.6. The van der Waals surface area contributed by atoms with E-state index < -0.39 is 0 Å². The lowest BCUT2D eigenvalue weighted by atomic mass is 10.1. The summed E-state index contributed by atoms with van der Waals surface area (Å²) in [6.07, 6.45) is 1.80. The molecular formula is C19H14BrCl2NO2S2. The van der Waals surface area contributed by atoms with Crippen LogP contribution in [0.4, 0.5) is 0 Å². The van der Waals surface area contributed by atoms with E-state index in [1.54, 1.807) is 23.1 Å². The molecule has 140 valence electrons. The smallest absolute Gasteiger partial charge is 0.266 e. The molecular weight excluding hydrogens is 489 g/mol. The molecule has 3 rings (SSSR count). The van der Waals surface area contributed by atoms with Gasteiger partial charge in [0, 0.05) is 32.2 Å². The second-order valence-electron chi connectivity index (χ2n) is 5.63. The standard InChI is InChI=1S/C19H14BrCl2NO2S2/c1-2-23-18(24)17(27-19(23)26)8-12-7-13(20)4-6-16(12)25-10-11-3-5-14(21)9-15(11)22/h3-9H,2,10H2,1H3/b17-8-. The Kier molecular flexibility index (Phi) is 6.87. The lowest BCUT2D eigenvalue weighted by Crippen LogP contribution is -2.27. The number of ether oxygens (including phenoxy) is 1. The SMILES string of the molecule is CCN1C(=O)/C(=C/c2cc(Br)ccc2OCc2ccc(Cl)cc2Cl)SC1=S. The number of halogens is 3. The van der Waals surface area contributed by atoms with E-state index in [0.29, 0.717) is 31.6 Å². The maximum atomic E-state index is 12.5. The van der Waals surface area contributed by atoms with Crippen molar-refractivity contribution in [3.63, 3.8) is 0 Å². The molecule has 0 atom stereocenters. The molecule has 2 aromatic rings. The van der Waals surface area contributed by atoms with Gasteiger partial charge in [0.05, 0.1) is 4.91 Å². The van der Waals surface area contributed by atoms with E-state index in [-0.39, 0.29) is 12.5 Å². The maximum Gasteiger partial charge on any atom is 0.266 e. The van der Waals surface area contributed by atoms with Crippen LogP contribution >= 0.6 is 63.1 Å². The van der Waals surface area contributed by atoms with Gasteiger partial charge in [0.1, 0.15) is 16.7 Å². The number of carbonyl (C=O) groups is 1. The van der Waals surface area contributed by atoms with Crippen LogP contribution in [0.2, 0.25) is 10.0 Å². The van der Waals surface area contributed by atoms with Crippen molar-refractivity contribution in [1.29, 1.82) is 0 Å². The molecule has 0 aliphatic carbocycles. The minimum Gasteiger partial charge on any atom is -0.488 e. The van der Waals surface area contributed by atoms with Crippen molar-refractivity contribution in [2.45, 2.75) is 13.5 Å². The van der Waals surface area contributed by atoms with Gasteiger partial charge in [0.2, 0.25) is 0 Å². The first kappa shape index (κ1) is 20.7. The fourth-order valence-electron chi connectivity index (χ4n) is 2.47. The van der Waals surface area contributed by atoms with Crippen molar-refractivity contribution in [1.82, 2.24) is 4.90 Å².